The highest BCUT2D eigenvalue weighted by Gasteiger charge is 2.15. The van der Waals surface area contributed by atoms with E-state index in [1.807, 2.05) is 30.3 Å². The third-order valence-electron chi connectivity index (χ3n) is 3.36. The van der Waals surface area contributed by atoms with Crippen LogP contribution in [0, 0.1) is 0 Å². The number of carboxylic acids is 1. The van der Waals surface area contributed by atoms with Crippen LogP contribution in [0.3, 0.4) is 0 Å². The SMILES string of the molecule is COc1ccc(CN(CC(=O)O)Cc2ccccn2)c(OC)c1. The van der Waals surface area contributed by atoms with E-state index in [1.165, 1.54) is 0 Å². The van der Waals surface area contributed by atoms with Gasteiger partial charge in [0.2, 0.25) is 0 Å². The van der Waals surface area contributed by atoms with Gasteiger partial charge in [0.1, 0.15) is 11.5 Å². The van der Waals surface area contributed by atoms with Gasteiger partial charge < -0.3 is 14.6 Å². The fourth-order valence-corrected chi connectivity index (χ4v) is 2.30. The van der Waals surface area contributed by atoms with Crippen LogP contribution < -0.4 is 9.47 Å². The van der Waals surface area contributed by atoms with Crippen molar-refractivity contribution in [2.75, 3.05) is 20.8 Å². The maximum Gasteiger partial charge on any atom is 0.317 e. The molecule has 0 radical (unpaired) electrons. The van der Waals surface area contributed by atoms with Crippen molar-refractivity contribution in [2.24, 2.45) is 0 Å². The zero-order valence-corrected chi connectivity index (χ0v) is 13.2. The van der Waals surface area contributed by atoms with Crippen molar-refractivity contribution in [3.63, 3.8) is 0 Å². The number of methoxy groups -OCH3 is 2. The second-order valence-corrected chi connectivity index (χ2v) is 5.04. The van der Waals surface area contributed by atoms with Gasteiger partial charge in [0.15, 0.2) is 0 Å². The van der Waals surface area contributed by atoms with Crippen LogP contribution in [0.1, 0.15) is 11.3 Å². The third kappa shape index (κ3) is 4.96. The number of hydrogen-bond donors (Lipinski definition) is 1. The molecule has 23 heavy (non-hydrogen) atoms. The minimum absolute atomic E-state index is 0.0776. The zero-order valence-electron chi connectivity index (χ0n) is 13.2. The highest BCUT2D eigenvalue weighted by atomic mass is 16.5. The molecule has 0 saturated carbocycles. The summed E-state index contributed by atoms with van der Waals surface area (Å²) in [6.45, 7) is 0.810. The molecule has 0 amide bonds. The Hall–Kier alpha value is -2.60. The van der Waals surface area contributed by atoms with E-state index in [-0.39, 0.29) is 6.54 Å². The average Bonchev–Trinajstić information content (AvgIpc) is 2.55. The first-order valence-electron chi connectivity index (χ1n) is 7.17. The first-order valence-corrected chi connectivity index (χ1v) is 7.17. The van der Waals surface area contributed by atoms with Crippen LogP contribution in [0.25, 0.3) is 0 Å². The number of ether oxygens (including phenoxy) is 2. The minimum atomic E-state index is -0.881. The van der Waals surface area contributed by atoms with Crippen molar-refractivity contribution in [1.82, 2.24) is 9.88 Å². The molecule has 0 aliphatic heterocycles. The van der Waals surface area contributed by atoms with E-state index >= 15 is 0 Å². The molecule has 1 N–H and O–H groups in total. The number of aromatic nitrogens is 1. The van der Waals surface area contributed by atoms with E-state index in [2.05, 4.69) is 4.98 Å². The van der Waals surface area contributed by atoms with Gasteiger partial charge in [-0.15, -0.1) is 0 Å². The Kier molecular flexibility index (Phi) is 5.94. The van der Waals surface area contributed by atoms with Crippen molar-refractivity contribution in [1.29, 1.82) is 0 Å². The lowest BCUT2D eigenvalue weighted by atomic mass is 10.1. The lowest BCUT2D eigenvalue weighted by molar-refractivity contribution is -0.138. The van der Waals surface area contributed by atoms with Gasteiger partial charge in [0.05, 0.1) is 26.5 Å². The van der Waals surface area contributed by atoms with Gasteiger partial charge in [-0.3, -0.25) is 14.7 Å². The molecule has 6 heteroatoms. The zero-order chi connectivity index (χ0) is 16.7. The van der Waals surface area contributed by atoms with Crippen LogP contribution in [-0.2, 0) is 17.9 Å². The molecule has 0 aliphatic rings. The van der Waals surface area contributed by atoms with Crippen molar-refractivity contribution in [3.05, 3.63) is 53.9 Å². The molecule has 0 unspecified atom stereocenters. The van der Waals surface area contributed by atoms with Crippen LogP contribution in [-0.4, -0.2) is 41.7 Å². The van der Waals surface area contributed by atoms with Crippen molar-refractivity contribution < 1.29 is 19.4 Å². The molecule has 0 bridgehead atoms. The van der Waals surface area contributed by atoms with Crippen LogP contribution >= 0.6 is 0 Å². The molecule has 0 saturated heterocycles. The van der Waals surface area contributed by atoms with Crippen molar-refractivity contribution >= 4 is 5.97 Å². The van der Waals surface area contributed by atoms with Gasteiger partial charge in [-0.25, -0.2) is 0 Å². The molecule has 0 fully saturated rings. The molecule has 1 heterocycles. The number of nitrogens with zero attached hydrogens (tertiary/aromatic N) is 2. The smallest absolute Gasteiger partial charge is 0.317 e. The fraction of sp³-hybridized carbons (Fsp3) is 0.294. The summed E-state index contributed by atoms with van der Waals surface area (Å²) in [6, 6.07) is 11.1. The molecule has 0 aliphatic carbocycles. The molecule has 1 aromatic heterocycles. The molecule has 1 aromatic carbocycles. The first-order chi connectivity index (χ1) is 11.1. The number of rotatable bonds is 8. The average molecular weight is 316 g/mol. The van der Waals surface area contributed by atoms with E-state index in [9.17, 15) is 4.79 Å². The van der Waals surface area contributed by atoms with Gasteiger partial charge in [0, 0.05) is 30.9 Å². The summed E-state index contributed by atoms with van der Waals surface area (Å²) < 4.78 is 10.6. The third-order valence-corrected chi connectivity index (χ3v) is 3.36. The number of hydrogen-bond acceptors (Lipinski definition) is 5. The summed E-state index contributed by atoms with van der Waals surface area (Å²) in [7, 11) is 3.17. The Labute approximate surface area is 135 Å². The molecule has 122 valence electrons. The molecule has 0 atom stereocenters. The predicted molar refractivity (Wildman–Crippen MR) is 85.5 cm³/mol. The van der Waals surface area contributed by atoms with E-state index in [0.29, 0.717) is 24.6 Å². The van der Waals surface area contributed by atoms with Crippen LogP contribution in [0.5, 0.6) is 11.5 Å². The number of benzene rings is 1. The quantitative estimate of drug-likeness (QED) is 0.805. The highest BCUT2D eigenvalue weighted by molar-refractivity contribution is 5.69. The summed E-state index contributed by atoms with van der Waals surface area (Å²) in [5.41, 5.74) is 1.71. The predicted octanol–water partition coefficient (Wildman–Crippen LogP) is 2.19. The summed E-state index contributed by atoms with van der Waals surface area (Å²) in [5.74, 6) is 0.481. The lowest BCUT2D eigenvalue weighted by Gasteiger charge is -2.21. The Balaban J connectivity index is 2.18. The molecule has 0 spiro atoms. The van der Waals surface area contributed by atoms with Gasteiger partial charge >= 0.3 is 5.97 Å². The summed E-state index contributed by atoms with van der Waals surface area (Å²) in [6.07, 6.45) is 1.70. The van der Waals surface area contributed by atoms with Gasteiger partial charge in [-0.2, -0.15) is 0 Å². The minimum Gasteiger partial charge on any atom is -0.497 e. The number of carboxylic acid groups (broad SMARTS) is 1. The molecule has 2 rings (SSSR count). The second kappa shape index (κ2) is 8.14. The van der Waals surface area contributed by atoms with E-state index in [4.69, 9.17) is 14.6 Å². The maximum absolute atomic E-state index is 11.1. The second-order valence-electron chi connectivity index (χ2n) is 5.04. The van der Waals surface area contributed by atoms with Crippen LogP contribution in [0.15, 0.2) is 42.6 Å². The van der Waals surface area contributed by atoms with E-state index in [0.717, 1.165) is 11.3 Å². The van der Waals surface area contributed by atoms with Gasteiger partial charge in [-0.1, -0.05) is 12.1 Å². The first kappa shape index (κ1) is 16.8. The normalized spacial score (nSPS) is 10.6. The molecule has 6 nitrogen and oxygen atoms in total. The largest absolute Gasteiger partial charge is 0.497 e. The highest BCUT2D eigenvalue weighted by Crippen LogP contribution is 2.26. The maximum atomic E-state index is 11.1. The van der Waals surface area contributed by atoms with E-state index in [1.54, 1.807) is 31.4 Å². The topological polar surface area (TPSA) is 71.9 Å². The summed E-state index contributed by atoms with van der Waals surface area (Å²) in [5, 5.41) is 9.14. The van der Waals surface area contributed by atoms with E-state index < -0.39 is 5.97 Å². The van der Waals surface area contributed by atoms with Crippen molar-refractivity contribution in [2.45, 2.75) is 13.1 Å². The van der Waals surface area contributed by atoms with Gasteiger partial charge in [0.25, 0.3) is 0 Å². The Morgan fingerprint density at radius 2 is 2.00 bits per heavy atom. The summed E-state index contributed by atoms with van der Waals surface area (Å²) in [4.78, 5) is 17.2. The molecular weight excluding hydrogens is 296 g/mol. The number of carbonyl (C=O) groups is 1. The standard InChI is InChI=1S/C17H20N2O4/c1-22-15-7-6-13(16(9-15)23-2)10-19(12-17(20)21)11-14-5-3-4-8-18-14/h3-9H,10-12H2,1-2H3,(H,20,21). The van der Waals surface area contributed by atoms with Crippen LogP contribution in [0.2, 0.25) is 0 Å². The Bertz CT molecular complexity index is 646. The molecule has 2 aromatic rings. The van der Waals surface area contributed by atoms with Crippen LogP contribution in [0.4, 0.5) is 0 Å². The fourth-order valence-electron chi connectivity index (χ4n) is 2.30. The number of pyridine rings is 1. The van der Waals surface area contributed by atoms with Crippen molar-refractivity contribution in [3.8, 4) is 11.5 Å². The molecular formula is C17H20N2O4. The Morgan fingerprint density at radius 3 is 2.61 bits per heavy atom. The summed E-state index contributed by atoms with van der Waals surface area (Å²) >= 11 is 0. The van der Waals surface area contributed by atoms with Gasteiger partial charge in [-0.05, 0) is 18.2 Å². The lowest BCUT2D eigenvalue weighted by Crippen LogP contribution is -2.29. The Morgan fingerprint density at radius 1 is 1.17 bits per heavy atom. The monoisotopic (exact) mass is 316 g/mol. The number of aliphatic carboxylic acids is 1.